The molecule has 0 fully saturated rings. The summed E-state index contributed by atoms with van der Waals surface area (Å²) in [5.74, 6) is -2.22. The van der Waals surface area contributed by atoms with Gasteiger partial charge < -0.3 is 20.6 Å². The minimum atomic E-state index is -4.51. The Labute approximate surface area is 121 Å². The molecule has 1 atom stereocenters. The third-order valence-electron chi connectivity index (χ3n) is 3.02. The van der Waals surface area contributed by atoms with Crippen molar-refractivity contribution in [1.82, 2.24) is 0 Å². The average molecular weight is 315 g/mol. The van der Waals surface area contributed by atoms with E-state index in [1.165, 1.54) is 0 Å². The van der Waals surface area contributed by atoms with E-state index in [0.717, 1.165) is 5.56 Å². The molecule has 1 aromatic carbocycles. The first kappa shape index (κ1) is 17.5. The molecule has 0 aliphatic carbocycles. The maximum atomic E-state index is 11.6. The number of ketones is 1. The molecule has 0 bridgehead atoms. The SMILES string of the molecule is NC(CCc1ccccc1)(CC(=O)CP(=O)(O)O)C(=O)O. The molecule has 0 aliphatic heterocycles. The largest absolute Gasteiger partial charge is 0.480 e. The predicted octanol–water partition coefficient (Wildman–Crippen LogP) is 0.538. The maximum Gasteiger partial charge on any atom is 0.332 e. The van der Waals surface area contributed by atoms with E-state index in [9.17, 15) is 19.3 Å². The van der Waals surface area contributed by atoms with Crippen molar-refractivity contribution in [3.05, 3.63) is 35.9 Å². The van der Waals surface area contributed by atoms with Gasteiger partial charge in [-0.3, -0.25) is 14.2 Å². The van der Waals surface area contributed by atoms with E-state index in [-0.39, 0.29) is 6.42 Å². The second-order valence-corrected chi connectivity index (χ2v) is 6.63. The summed E-state index contributed by atoms with van der Waals surface area (Å²) in [5.41, 5.74) is 4.78. The van der Waals surface area contributed by atoms with Gasteiger partial charge in [-0.25, -0.2) is 0 Å². The maximum absolute atomic E-state index is 11.6. The molecule has 7 nitrogen and oxygen atoms in total. The van der Waals surface area contributed by atoms with Gasteiger partial charge in [-0.05, 0) is 18.4 Å². The molecule has 116 valence electrons. The number of carbonyl (C=O) groups is 2. The van der Waals surface area contributed by atoms with Gasteiger partial charge in [0, 0.05) is 6.42 Å². The van der Waals surface area contributed by atoms with Crippen molar-refractivity contribution in [1.29, 1.82) is 0 Å². The lowest BCUT2D eigenvalue weighted by Gasteiger charge is -2.24. The molecule has 0 amide bonds. The van der Waals surface area contributed by atoms with E-state index < -0.39 is 37.5 Å². The molecular weight excluding hydrogens is 297 g/mol. The topological polar surface area (TPSA) is 138 Å². The van der Waals surface area contributed by atoms with Crippen molar-refractivity contribution in [3.8, 4) is 0 Å². The van der Waals surface area contributed by atoms with Crippen LogP contribution in [0.3, 0.4) is 0 Å². The van der Waals surface area contributed by atoms with E-state index in [0.29, 0.717) is 6.42 Å². The zero-order valence-electron chi connectivity index (χ0n) is 11.3. The molecule has 1 unspecified atom stereocenters. The van der Waals surface area contributed by atoms with Gasteiger partial charge in [0.25, 0.3) is 0 Å². The molecule has 8 heteroatoms. The first-order valence-corrected chi connectivity index (χ1v) is 8.05. The first-order valence-electron chi connectivity index (χ1n) is 6.25. The quantitative estimate of drug-likeness (QED) is 0.513. The van der Waals surface area contributed by atoms with Gasteiger partial charge in [-0.2, -0.15) is 0 Å². The second kappa shape index (κ2) is 6.95. The molecule has 0 saturated carbocycles. The van der Waals surface area contributed by atoms with Crippen LogP contribution < -0.4 is 5.73 Å². The third-order valence-corrected chi connectivity index (χ3v) is 3.79. The summed E-state index contributed by atoms with van der Waals surface area (Å²) in [6.45, 7) is 0. The predicted molar refractivity (Wildman–Crippen MR) is 75.9 cm³/mol. The number of carboxylic acids is 1. The molecule has 21 heavy (non-hydrogen) atoms. The van der Waals surface area contributed by atoms with Crippen LogP contribution in [0.15, 0.2) is 30.3 Å². The van der Waals surface area contributed by atoms with Gasteiger partial charge in [-0.1, -0.05) is 30.3 Å². The monoisotopic (exact) mass is 315 g/mol. The molecular formula is C13H18NO6P. The Kier molecular flexibility index (Phi) is 5.80. The number of Topliss-reactive ketones (excluding diaryl/α,β-unsaturated/α-hetero) is 1. The number of carbonyl (C=O) groups excluding carboxylic acids is 1. The summed E-state index contributed by atoms with van der Waals surface area (Å²) in [5, 5.41) is 9.19. The third kappa shape index (κ3) is 6.18. The minimum Gasteiger partial charge on any atom is -0.480 e. The molecule has 0 spiro atoms. The number of rotatable bonds is 8. The number of aryl methyl sites for hydroxylation is 1. The zero-order chi connectivity index (χ0) is 16.1. The fourth-order valence-corrected chi connectivity index (χ4v) is 2.49. The first-order chi connectivity index (χ1) is 9.62. The molecule has 1 rings (SSSR count). The second-order valence-electron chi connectivity index (χ2n) is 4.99. The Morgan fingerprint density at radius 2 is 1.76 bits per heavy atom. The summed E-state index contributed by atoms with van der Waals surface area (Å²) in [6.07, 6.45) is -1.25. The van der Waals surface area contributed by atoms with Crippen LogP contribution in [0.1, 0.15) is 18.4 Å². The summed E-state index contributed by atoms with van der Waals surface area (Å²) in [4.78, 5) is 40.3. The van der Waals surface area contributed by atoms with Crippen LogP contribution in [0, 0.1) is 0 Å². The molecule has 0 heterocycles. The number of carboxylic acid groups (broad SMARTS) is 1. The summed E-state index contributed by atoms with van der Waals surface area (Å²) in [7, 11) is -4.51. The van der Waals surface area contributed by atoms with E-state index >= 15 is 0 Å². The van der Waals surface area contributed by atoms with Gasteiger partial charge in [0.05, 0.1) is 0 Å². The summed E-state index contributed by atoms with van der Waals surface area (Å²) >= 11 is 0. The Balaban J connectivity index is 2.72. The van der Waals surface area contributed by atoms with Crippen LogP contribution in [-0.4, -0.2) is 38.3 Å². The average Bonchev–Trinajstić information content (AvgIpc) is 2.35. The van der Waals surface area contributed by atoms with E-state index in [2.05, 4.69) is 0 Å². The van der Waals surface area contributed by atoms with Gasteiger partial charge in [-0.15, -0.1) is 0 Å². The molecule has 1 aromatic rings. The lowest BCUT2D eigenvalue weighted by molar-refractivity contribution is -0.145. The lowest BCUT2D eigenvalue weighted by Crippen LogP contribution is -2.50. The van der Waals surface area contributed by atoms with Crippen LogP contribution in [0.4, 0.5) is 0 Å². The number of hydrogen-bond donors (Lipinski definition) is 4. The van der Waals surface area contributed by atoms with Crippen molar-refractivity contribution >= 4 is 19.3 Å². The Hall–Kier alpha value is -1.53. The van der Waals surface area contributed by atoms with E-state index in [4.69, 9.17) is 15.5 Å². The Bertz CT molecular complexity index is 555. The lowest BCUT2D eigenvalue weighted by atomic mass is 9.87. The molecule has 0 aromatic heterocycles. The number of benzene rings is 1. The van der Waals surface area contributed by atoms with E-state index in [1.54, 1.807) is 24.3 Å². The van der Waals surface area contributed by atoms with Crippen molar-refractivity contribution in [2.45, 2.75) is 24.8 Å². The van der Waals surface area contributed by atoms with Gasteiger partial charge in [0.15, 0.2) is 0 Å². The van der Waals surface area contributed by atoms with Crippen LogP contribution in [0.2, 0.25) is 0 Å². The van der Waals surface area contributed by atoms with E-state index in [1.807, 2.05) is 6.07 Å². The van der Waals surface area contributed by atoms with Crippen LogP contribution in [0.25, 0.3) is 0 Å². The Morgan fingerprint density at radius 1 is 1.19 bits per heavy atom. The fraction of sp³-hybridized carbons (Fsp3) is 0.385. The van der Waals surface area contributed by atoms with Crippen molar-refractivity contribution in [3.63, 3.8) is 0 Å². The smallest absolute Gasteiger partial charge is 0.332 e. The highest BCUT2D eigenvalue weighted by Gasteiger charge is 2.37. The van der Waals surface area contributed by atoms with Gasteiger partial charge in [0.2, 0.25) is 0 Å². The van der Waals surface area contributed by atoms with Crippen LogP contribution >= 0.6 is 7.60 Å². The minimum absolute atomic E-state index is 0.000749. The van der Waals surface area contributed by atoms with Gasteiger partial charge in [0.1, 0.15) is 17.5 Å². The van der Waals surface area contributed by atoms with Crippen LogP contribution in [-0.2, 0) is 20.6 Å². The summed E-state index contributed by atoms with van der Waals surface area (Å²) < 4.78 is 10.8. The Morgan fingerprint density at radius 3 is 2.24 bits per heavy atom. The van der Waals surface area contributed by atoms with Crippen LogP contribution in [0.5, 0.6) is 0 Å². The van der Waals surface area contributed by atoms with Gasteiger partial charge >= 0.3 is 13.6 Å². The number of hydrogen-bond acceptors (Lipinski definition) is 4. The standard InChI is InChI=1S/C13H18NO6P/c14-13(12(16)17,8-11(15)9-21(18,19)20)7-6-10-4-2-1-3-5-10/h1-5H,6-9,14H2,(H,16,17)(H2,18,19,20). The number of nitrogens with two attached hydrogens (primary N) is 1. The summed E-state index contributed by atoms with van der Waals surface area (Å²) in [6, 6.07) is 9.03. The normalized spacial score (nSPS) is 14.4. The van der Waals surface area contributed by atoms with Crippen molar-refractivity contribution in [2.75, 3.05) is 6.16 Å². The molecule has 0 radical (unpaired) electrons. The van der Waals surface area contributed by atoms with Crippen molar-refractivity contribution < 1.29 is 29.0 Å². The highest BCUT2D eigenvalue weighted by molar-refractivity contribution is 7.52. The molecule has 5 N–H and O–H groups in total. The fourth-order valence-electron chi connectivity index (χ4n) is 1.92. The molecule has 0 saturated heterocycles. The highest BCUT2D eigenvalue weighted by Crippen LogP contribution is 2.35. The molecule has 0 aliphatic rings. The number of aliphatic carboxylic acids is 1. The van der Waals surface area contributed by atoms with Crippen molar-refractivity contribution in [2.24, 2.45) is 5.73 Å². The zero-order valence-corrected chi connectivity index (χ0v) is 12.2. The highest BCUT2D eigenvalue weighted by atomic mass is 31.2.